The Kier molecular flexibility index (Phi) is 3.52. The van der Waals surface area contributed by atoms with Crippen LogP contribution < -0.4 is 4.74 Å². The second kappa shape index (κ2) is 4.77. The maximum atomic E-state index is 12.2. The zero-order valence-electron chi connectivity index (χ0n) is 8.03. The van der Waals surface area contributed by atoms with Crippen LogP contribution in [0.4, 0.5) is 13.2 Å². The molecule has 90 valence electrons. The molecule has 0 aliphatic heterocycles. The largest absolute Gasteiger partial charge is 0.452 e. The Morgan fingerprint density at radius 3 is 2.65 bits per heavy atom. The first-order valence-corrected chi connectivity index (χ1v) is 6.15. The molecule has 0 unspecified atom stereocenters. The highest BCUT2D eigenvalue weighted by Crippen LogP contribution is 2.31. The molecule has 0 amide bonds. The first-order valence-electron chi connectivity index (χ1n) is 4.29. The second-order valence-corrected chi connectivity index (χ2v) is 4.90. The van der Waals surface area contributed by atoms with Crippen LogP contribution in [0.3, 0.4) is 0 Å². The molecule has 0 N–H and O–H groups in total. The summed E-state index contributed by atoms with van der Waals surface area (Å²) in [6, 6.07) is 6.91. The molecule has 0 fully saturated rings. The Balaban J connectivity index is 2.17. The van der Waals surface area contributed by atoms with Gasteiger partial charge < -0.3 is 4.74 Å². The van der Waals surface area contributed by atoms with Gasteiger partial charge in [-0.25, -0.2) is 0 Å². The van der Waals surface area contributed by atoms with Crippen LogP contribution in [0.15, 0.2) is 24.3 Å². The van der Waals surface area contributed by atoms with Crippen molar-refractivity contribution in [3.63, 3.8) is 0 Å². The van der Waals surface area contributed by atoms with E-state index in [4.69, 9.17) is 4.74 Å². The number of ether oxygens (including phenoxy) is 1. The van der Waals surface area contributed by atoms with Crippen LogP contribution in [0.1, 0.15) is 5.82 Å². The topological polar surface area (TPSA) is 35.0 Å². The van der Waals surface area contributed by atoms with E-state index in [2.05, 4.69) is 31.9 Å². The van der Waals surface area contributed by atoms with Crippen molar-refractivity contribution in [2.75, 3.05) is 0 Å². The Hall–Kier alpha value is -0.900. The summed E-state index contributed by atoms with van der Waals surface area (Å²) < 4.78 is 46.0. The molecule has 0 saturated carbocycles. The van der Waals surface area contributed by atoms with Crippen LogP contribution in [-0.2, 0) is 6.18 Å². The van der Waals surface area contributed by atoms with Crippen molar-refractivity contribution in [3.8, 4) is 10.9 Å². The van der Waals surface area contributed by atoms with E-state index < -0.39 is 12.0 Å². The summed E-state index contributed by atoms with van der Waals surface area (Å²) >= 11 is 2.64. The summed E-state index contributed by atoms with van der Waals surface area (Å²) in [5.41, 5.74) is 0. The van der Waals surface area contributed by atoms with Gasteiger partial charge in [-0.3, -0.25) is 0 Å². The quantitative estimate of drug-likeness (QED) is 0.749. The molecule has 0 atom stereocenters. The Labute approximate surface area is 112 Å². The summed E-state index contributed by atoms with van der Waals surface area (Å²) in [4.78, 5) is 3.26. The number of benzene rings is 1. The molecular weight excluding hydrogens is 368 g/mol. The molecule has 1 aromatic heterocycles. The molecule has 0 spiro atoms. The van der Waals surface area contributed by atoms with Crippen molar-refractivity contribution in [2.45, 2.75) is 6.18 Å². The van der Waals surface area contributed by atoms with Crippen molar-refractivity contribution >= 4 is 34.1 Å². The van der Waals surface area contributed by atoms with E-state index in [1.807, 2.05) is 6.07 Å². The molecule has 1 heterocycles. The summed E-state index contributed by atoms with van der Waals surface area (Å²) in [6.07, 6.45) is -4.54. The lowest BCUT2D eigenvalue weighted by Crippen LogP contribution is -2.06. The van der Waals surface area contributed by atoms with Crippen LogP contribution in [-0.4, -0.2) is 9.36 Å². The summed E-state index contributed by atoms with van der Waals surface area (Å²) in [5.74, 6) is -0.745. The third kappa shape index (κ3) is 3.28. The molecule has 2 aromatic rings. The minimum absolute atomic E-state index is 0.126. The van der Waals surface area contributed by atoms with Crippen LogP contribution in [0.5, 0.6) is 10.9 Å². The minimum atomic E-state index is -4.54. The van der Waals surface area contributed by atoms with Crippen molar-refractivity contribution in [3.05, 3.63) is 33.7 Å². The van der Waals surface area contributed by atoms with Gasteiger partial charge in [-0.05, 0) is 40.8 Å². The Morgan fingerprint density at radius 1 is 1.29 bits per heavy atom. The monoisotopic (exact) mass is 372 g/mol. The van der Waals surface area contributed by atoms with Gasteiger partial charge in [0.25, 0.3) is 11.0 Å². The predicted molar refractivity (Wildman–Crippen MR) is 64.1 cm³/mol. The van der Waals surface area contributed by atoms with Gasteiger partial charge in [0.1, 0.15) is 5.75 Å². The molecule has 2 rings (SSSR count). The van der Waals surface area contributed by atoms with E-state index in [9.17, 15) is 13.2 Å². The third-order valence-electron chi connectivity index (χ3n) is 1.66. The molecule has 0 radical (unpaired) electrons. The van der Waals surface area contributed by atoms with E-state index in [1.54, 1.807) is 18.2 Å². The van der Waals surface area contributed by atoms with Gasteiger partial charge in [0.05, 0.1) is 0 Å². The lowest BCUT2D eigenvalue weighted by atomic mass is 10.3. The van der Waals surface area contributed by atoms with Crippen LogP contribution in [0.2, 0.25) is 0 Å². The van der Waals surface area contributed by atoms with E-state index >= 15 is 0 Å². The number of hydrogen-bond acceptors (Lipinski definition) is 4. The van der Waals surface area contributed by atoms with Gasteiger partial charge in [-0.15, -0.1) is 0 Å². The van der Waals surface area contributed by atoms with E-state index in [0.717, 1.165) is 3.57 Å². The molecule has 0 bridgehead atoms. The SMILES string of the molecule is FC(F)(F)c1nsc(Oc2cccc(I)c2)n1. The number of hydrogen-bond donors (Lipinski definition) is 0. The summed E-state index contributed by atoms with van der Waals surface area (Å²) in [6.45, 7) is 0. The van der Waals surface area contributed by atoms with E-state index in [0.29, 0.717) is 17.3 Å². The van der Waals surface area contributed by atoms with Crippen molar-refractivity contribution < 1.29 is 17.9 Å². The van der Waals surface area contributed by atoms with Crippen LogP contribution in [0.25, 0.3) is 0 Å². The maximum absolute atomic E-state index is 12.2. The van der Waals surface area contributed by atoms with Gasteiger partial charge in [0.2, 0.25) is 0 Å². The number of halogens is 4. The smallest absolute Gasteiger partial charge is 0.430 e. The first kappa shape index (κ1) is 12.6. The highest BCUT2D eigenvalue weighted by atomic mass is 127. The highest BCUT2D eigenvalue weighted by molar-refractivity contribution is 14.1. The fourth-order valence-corrected chi connectivity index (χ4v) is 2.08. The van der Waals surface area contributed by atoms with Gasteiger partial charge >= 0.3 is 6.18 Å². The van der Waals surface area contributed by atoms with Crippen molar-refractivity contribution in [2.24, 2.45) is 0 Å². The number of nitrogens with zero attached hydrogens (tertiary/aromatic N) is 2. The lowest BCUT2D eigenvalue weighted by molar-refractivity contribution is -0.144. The molecule has 0 aliphatic rings. The fourth-order valence-electron chi connectivity index (χ4n) is 0.997. The lowest BCUT2D eigenvalue weighted by Gasteiger charge is -2.01. The van der Waals surface area contributed by atoms with Gasteiger partial charge in [0.15, 0.2) is 0 Å². The third-order valence-corrected chi connectivity index (χ3v) is 2.93. The zero-order chi connectivity index (χ0) is 12.5. The Morgan fingerprint density at radius 2 is 2.06 bits per heavy atom. The maximum Gasteiger partial charge on any atom is 0.452 e. The normalized spacial score (nSPS) is 11.5. The summed E-state index contributed by atoms with van der Waals surface area (Å²) in [5, 5.41) is -0.126. The fraction of sp³-hybridized carbons (Fsp3) is 0.111. The highest BCUT2D eigenvalue weighted by Gasteiger charge is 2.36. The number of alkyl halides is 3. The first-order chi connectivity index (χ1) is 7.95. The van der Waals surface area contributed by atoms with Crippen LogP contribution >= 0.6 is 34.1 Å². The van der Waals surface area contributed by atoms with Crippen LogP contribution in [0, 0.1) is 3.57 Å². The van der Waals surface area contributed by atoms with Gasteiger partial charge in [0, 0.05) is 15.1 Å². The molecule has 8 heteroatoms. The Bertz CT molecular complexity index is 529. The molecule has 17 heavy (non-hydrogen) atoms. The van der Waals surface area contributed by atoms with Gasteiger partial charge in [-0.1, -0.05) is 6.07 Å². The molecule has 3 nitrogen and oxygen atoms in total. The van der Waals surface area contributed by atoms with E-state index in [-0.39, 0.29) is 5.19 Å². The summed E-state index contributed by atoms with van der Waals surface area (Å²) in [7, 11) is 0. The average molecular weight is 372 g/mol. The van der Waals surface area contributed by atoms with Crippen molar-refractivity contribution in [1.82, 2.24) is 9.36 Å². The zero-order valence-corrected chi connectivity index (χ0v) is 11.0. The predicted octanol–water partition coefficient (Wildman–Crippen LogP) is 3.95. The molecular formula is C9H4F3IN2OS. The second-order valence-electron chi connectivity index (χ2n) is 2.94. The number of rotatable bonds is 2. The molecule has 0 aliphatic carbocycles. The standard InChI is InChI=1S/C9H4F3IN2OS/c10-9(11,12)7-14-8(17-15-7)16-6-3-1-2-5(13)4-6/h1-4H. The molecule has 1 aromatic carbocycles. The average Bonchev–Trinajstić information content (AvgIpc) is 2.65. The molecule has 0 saturated heterocycles. The number of aromatic nitrogens is 2. The van der Waals surface area contributed by atoms with Gasteiger partial charge in [-0.2, -0.15) is 22.5 Å². The van der Waals surface area contributed by atoms with Crippen molar-refractivity contribution in [1.29, 1.82) is 0 Å². The van der Waals surface area contributed by atoms with E-state index in [1.165, 1.54) is 0 Å². The minimum Gasteiger partial charge on any atom is -0.430 e.